The first-order valence-corrected chi connectivity index (χ1v) is 6.90. The quantitative estimate of drug-likeness (QED) is 0.870. The minimum Gasteiger partial charge on any atom is -0.300 e. The summed E-state index contributed by atoms with van der Waals surface area (Å²) in [6.45, 7) is 9.45. The van der Waals surface area contributed by atoms with Gasteiger partial charge in [-0.05, 0) is 44.7 Å². The normalized spacial score (nSPS) is 24.1. The number of piperidine rings is 1. The van der Waals surface area contributed by atoms with Crippen LogP contribution in [0.2, 0.25) is 0 Å². The molecule has 1 aromatic heterocycles. The number of hydrogen-bond donors (Lipinski definition) is 1. The Hall–Kier alpha value is -0.830. The molecule has 1 aliphatic rings. The molecule has 0 unspecified atom stereocenters. The maximum atomic E-state index is 4.07. The molecule has 0 amide bonds. The number of aromatic nitrogens is 2. The highest BCUT2D eigenvalue weighted by Crippen LogP contribution is 2.27. The van der Waals surface area contributed by atoms with Crippen LogP contribution in [0, 0.1) is 5.92 Å². The van der Waals surface area contributed by atoms with E-state index >= 15 is 0 Å². The van der Waals surface area contributed by atoms with Crippen LogP contribution in [-0.2, 0) is 0 Å². The Kier molecular flexibility index (Phi) is 4.21. The van der Waals surface area contributed by atoms with Crippen molar-refractivity contribution < 1.29 is 0 Å². The zero-order valence-electron chi connectivity index (χ0n) is 11.3. The number of aromatic amines is 1. The van der Waals surface area contributed by atoms with E-state index in [9.17, 15) is 0 Å². The molecule has 0 spiro atoms. The summed E-state index contributed by atoms with van der Waals surface area (Å²) in [5, 5.41) is 7.20. The standard InChI is InChI=1S/C14H25N3/c1-11(2)9-12(3)17-8-4-5-13(10-17)14-6-7-15-16-14/h6-7,11-13H,4-5,8-10H2,1-3H3,(H,15,16)/t12-,13+/m1/s1. The Morgan fingerprint density at radius 3 is 2.94 bits per heavy atom. The Morgan fingerprint density at radius 1 is 1.47 bits per heavy atom. The predicted molar refractivity (Wildman–Crippen MR) is 71.1 cm³/mol. The highest BCUT2D eigenvalue weighted by atomic mass is 15.2. The van der Waals surface area contributed by atoms with Gasteiger partial charge in [-0.2, -0.15) is 5.10 Å². The van der Waals surface area contributed by atoms with E-state index in [1.807, 2.05) is 6.20 Å². The molecule has 3 heteroatoms. The third kappa shape index (κ3) is 3.32. The van der Waals surface area contributed by atoms with Crippen LogP contribution in [0.15, 0.2) is 12.3 Å². The summed E-state index contributed by atoms with van der Waals surface area (Å²) in [6, 6.07) is 2.84. The van der Waals surface area contributed by atoms with Crippen molar-refractivity contribution in [2.45, 2.75) is 52.0 Å². The molecule has 3 nitrogen and oxygen atoms in total. The van der Waals surface area contributed by atoms with Gasteiger partial charge in [0, 0.05) is 30.4 Å². The minimum absolute atomic E-state index is 0.654. The molecule has 1 saturated heterocycles. The largest absolute Gasteiger partial charge is 0.300 e. The van der Waals surface area contributed by atoms with E-state index in [0.717, 1.165) is 5.92 Å². The fourth-order valence-corrected chi connectivity index (χ4v) is 2.99. The molecule has 17 heavy (non-hydrogen) atoms. The Labute approximate surface area is 105 Å². The van der Waals surface area contributed by atoms with Crippen LogP contribution in [0.5, 0.6) is 0 Å². The minimum atomic E-state index is 0.654. The second-order valence-electron chi connectivity index (χ2n) is 5.82. The lowest BCUT2D eigenvalue weighted by Gasteiger charge is -2.37. The SMILES string of the molecule is CC(C)C[C@@H](C)N1CCC[C@H](c2ccn[nH]2)C1. The van der Waals surface area contributed by atoms with Crippen molar-refractivity contribution in [1.82, 2.24) is 15.1 Å². The average molecular weight is 235 g/mol. The first-order chi connectivity index (χ1) is 8.16. The fraction of sp³-hybridized carbons (Fsp3) is 0.786. The lowest BCUT2D eigenvalue weighted by Crippen LogP contribution is -2.41. The summed E-state index contributed by atoms with van der Waals surface area (Å²) in [6.07, 6.45) is 5.78. The molecule has 0 aromatic carbocycles. The van der Waals surface area contributed by atoms with Crippen LogP contribution in [0.1, 0.15) is 51.6 Å². The van der Waals surface area contributed by atoms with Crippen LogP contribution < -0.4 is 0 Å². The van der Waals surface area contributed by atoms with Crippen molar-refractivity contribution in [3.8, 4) is 0 Å². The average Bonchev–Trinajstić information content (AvgIpc) is 2.82. The Balaban J connectivity index is 1.93. The second-order valence-corrected chi connectivity index (χ2v) is 5.82. The van der Waals surface area contributed by atoms with Gasteiger partial charge in [0.25, 0.3) is 0 Å². The van der Waals surface area contributed by atoms with Crippen molar-refractivity contribution in [2.75, 3.05) is 13.1 Å². The van der Waals surface area contributed by atoms with E-state index in [1.165, 1.54) is 38.0 Å². The number of nitrogens with one attached hydrogen (secondary N) is 1. The van der Waals surface area contributed by atoms with Crippen LogP contribution in [0.4, 0.5) is 0 Å². The van der Waals surface area contributed by atoms with Gasteiger partial charge in [0.15, 0.2) is 0 Å². The summed E-state index contributed by atoms with van der Waals surface area (Å²) in [5.74, 6) is 1.44. The van der Waals surface area contributed by atoms with E-state index in [2.05, 4.69) is 41.9 Å². The van der Waals surface area contributed by atoms with Crippen molar-refractivity contribution in [3.05, 3.63) is 18.0 Å². The summed E-state index contributed by atoms with van der Waals surface area (Å²) < 4.78 is 0. The predicted octanol–water partition coefficient (Wildman–Crippen LogP) is 3.02. The van der Waals surface area contributed by atoms with Gasteiger partial charge in [-0.25, -0.2) is 0 Å². The second kappa shape index (κ2) is 5.67. The smallest absolute Gasteiger partial charge is 0.0490 e. The first-order valence-electron chi connectivity index (χ1n) is 6.90. The molecule has 1 aliphatic heterocycles. The number of likely N-dealkylation sites (tertiary alicyclic amines) is 1. The monoisotopic (exact) mass is 235 g/mol. The van der Waals surface area contributed by atoms with Crippen LogP contribution in [0.25, 0.3) is 0 Å². The van der Waals surface area contributed by atoms with Gasteiger partial charge in [0.2, 0.25) is 0 Å². The summed E-state index contributed by atoms with van der Waals surface area (Å²) >= 11 is 0. The molecular weight excluding hydrogens is 210 g/mol. The van der Waals surface area contributed by atoms with E-state index in [4.69, 9.17) is 0 Å². The molecule has 96 valence electrons. The maximum absolute atomic E-state index is 4.07. The van der Waals surface area contributed by atoms with Crippen molar-refractivity contribution in [2.24, 2.45) is 5.92 Å². The highest BCUT2D eigenvalue weighted by molar-refractivity contribution is 5.07. The number of rotatable bonds is 4. The zero-order chi connectivity index (χ0) is 12.3. The third-order valence-electron chi connectivity index (χ3n) is 3.85. The molecule has 1 fully saturated rings. The van der Waals surface area contributed by atoms with Gasteiger partial charge in [0.1, 0.15) is 0 Å². The molecule has 1 N–H and O–H groups in total. The number of nitrogens with zero attached hydrogens (tertiary/aromatic N) is 2. The van der Waals surface area contributed by atoms with Crippen molar-refractivity contribution in [3.63, 3.8) is 0 Å². The van der Waals surface area contributed by atoms with E-state index in [0.29, 0.717) is 12.0 Å². The number of hydrogen-bond acceptors (Lipinski definition) is 2. The fourth-order valence-electron chi connectivity index (χ4n) is 2.99. The van der Waals surface area contributed by atoms with Crippen LogP contribution in [-0.4, -0.2) is 34.2 Å². The summed E-state index contributed by atoms with van der Waals surface area (Å²) in [7, 11) is 0. The van der Waals surface area contributed by atoms with Crippen molar-refractivity contribution in [1.29, 1.82) is 0 Å². The molecule has 1 aromatic rings. The van der Waals surface area contributed by atoms with Gasteiger partial charge >= 0.3 is 0 Å². The molecule has 0 aliphatic carbocycles. The zero-order valence-corrected chi connectivity index (χ0v) is 11.3. The lowest BCUT2D eigenvalue weighted by atomic mass is 9.92. The lowest BCUT2D eigenvalue weighted by molar-refractivity contribution is 0.141. The van der Waals surface area contributed by atoms with Gasteiger partial charge < -0.3 is 0 Å². The van der Waals surface area contributed by atoms with E-state index < -0.39 is 0 Å². The molecule has 0 bridgehead atoms. The van der Waals surface area contributed by atoms with Gasteiger partial charge in [-0.3, -0.25) is 10.00 Å². The van der Waals surface area contributed by atoms with Gasteiger partial charge in [0.05, 0.1) is 0 Å². The van der Waals surface area contributed by atoms with Gasteiger partial charge in [-0.1, -0.05) is 13.8 Å². The summed E-state index contributed by atoms with van der Waals surface area (Å²) in [4.78, 5) is 2.65. The van der Waals surface area contributed by atoms with E-state index in [-0.39, 0.29) is 0 Å². The molecular formula is C14H25N3. The van der Waals surface area contributed by atoms with E-state index in [1.54, 1.807) is 0 Å². The molecule has 0 radical (unpaired) electrons. The maximum Gasteiger partial charge on any atom is 0.0490 e. The van der Waals surface area contributed by atoms with Crippen LogP contribution in [0.3, 0.4) is 0 Å². The molecule has 2 heterocycles. The Morgan fingerprint density at radius 2 is 2.29 bits per heavy atom. The van der Waals surface area contributed by atoms with Gasteiger partial charge in [-0.15, -0.1) is 0 Å². The highest BCUT2D eigenvalue weighted by Gasteiger charge is 2.25. The molecule has 2 atom stereocenters. The topological polar surface area (TPSA) is 31.9 Å². The molecule has 0 saturated carbocycles. The number of H-pyrrole nitrogens is 1. The van der Waals surface area contributed by atoms with Crippen LogP contribution >= 0.6 is 0 Å². The first kappa shape index (κ1) is 12.6. The molecule has 2 rings (SSSR count). The Bertz CT molecular complexity index is 318. The van der Waals surface area contributed by atoms with Crippen molar-refractivity contribution >= 4 is 0 Å². The summed E-state index contributed by atoms with van der Waals surface area (Å²) in [5.41, 5.74) is 1.31. The third-order valence-corrected chi connectivity index (χ3v) is 3.85.